The van der Waals surface area contributed by atoms with Crippen molar-refractivity contribution in [2.45, 2.75) is 31.7 Å². The van der Waals surface area contributed by atoms with Crippen LogP contribution in [0.5, 0.6) is 0 Å². The Hall–Kier alpha value is -1.07. The van der Waals surface area contributed by atoms with Crippen LogP contribution in [-0.4, -0.2) is 0 Å². The molecule has 2 fully saturated rings. The summed E-state index contributed by atoms with van der Waals surface area (Å²) in [4.78, 5) is 0. The lowest BCUT2D eigenvalue weighted by atomic mass is 9.99. The molecule has 0 radical (unpaired) electrons. The Kier molecular flexibility index (Phi) is 3.27. The first-order chi connectivity index (χ1) is 9.15. The van der Waals surface area contributed by atoms with Gasteiger partial charge in [-0.1, -0.05) is 18.9 Å². The predicted molar refractivity (Wildman–Crippen MR) is 65.3 cm³/mol. The zero-order chi connectivity index (χ0) is 13.6. The molecular formula is C14H17F3N2. The van der Waals surface area contributed by atoms with Crippen LogP contribution in [0.25, 0.3) is 0 Å². The molecule has 0 bridgehead atoms. The van der Waals surface area contributed by atoms with Crippen molar-refractivity contribution in [1.82, 2.24) is 5.43 Å². The fourth-order valence-electron chi connectivity index (χ4n) is 3.73. The van der Waals surface area contributed by atoms with Crippen LogP contribution in [0.4, 0.5) is 13.2 Å². The molecule has 19 heavy (non-hydrogen) atoms. The third-order valence-electron chi connectivity index (χ3n) is 4.69. The first kappa shape index (κ1) is 12.9. The summed E-state index contributed by atoms with van der Waals surface area (Å²) in [5, 5.41) is 0. The van der Waals surface area contributed by atoms with E-state index in [2.05, 4.69) is 5.43 Å². The second-order valence-electron chi connectivity index (χ2n) is 5.60. The van der Waals surface area contributed by atoms with Gasteiger partial charge in [0.1, 0.15) is 0 Å². The molecule has 1 aromatic rings. The quantitative estimate of drug-likeness (QED) is 0.503. The molecule has 0 spiro atoms. The molecular weight excluding hydrogens is 253 g/mol. The van der Waals surface area contributed by atoms with Gasteiger partial charge in [-0.25, -0.2) is 13.2 Å². The van der Waals surface area contributed by atoms with E-state index < -0.39 is 23.5 Å². The van der Waals surface area contributed by atoms with Gasteiger partial charge in [-0.15, -0.1) is 0 Å². The van der Waals surface area contributed by atoms with Crippen molar-refractivity contribution in [1.29, 1.82) is 0 Å². The highest BCUT2D eigenvalue weighted by Crippen LogP contribution is 2.60. The van der Waals surface area contributed by atoms with E-state index in [-0.39, 0.29) is 11.5 Å². The average Bonchev–Trinajstić information content (AvgIpc) is 3.14. The molecule has 0 amide bonds. The molecule has 0 heterocycles. The van der Waals surface area contributed by atoms with Crippen molar-refractivity contribution in [3.8, 4) is 0 Å². The van der Waals surface area contributed by atoms with Gasteiger partial charge in [0.15, 0.2) is 17.5 Å². The Morgan fingerprint density at radius 3 is 2.26 bits per heavy atom. The summed E-state index contributed by atoms with van der Waals surface area (Å²) in [6.07, 6.45) is 4.63. The van der Waals surface area contributed by atoms with Crippen LogP contribution in [0.1, 0.15) is 37.3 Å². The Morgan fingerprint density at radius 2 is 1.68 bits per heavy atom. The summed E-state index contributed by atoms with van der Waals surface area (Å²) in [5.74, 6) is 3.16. The van der Waals surface area contributed by atoms with Crippen LogP contribution in [0.3, 0.4) is 0 Å². The molecule has 2 aliphatic carbocycles. The van der Waals surface area contributed by atoms with E-state index in [9.17, 15) is 13.2 Å². The molecule has 2 nitrogen and oxygen atoms in total. The number of hydrogen-bond acceptors (Lipinski definition) is 2. The van der Waals surface area contributed by atoms with Crippen molar-refractivity contribution in [2.75, 3.05) is 0 Å². The van der Waals surface area contributed by atoms with Gasteiger partial charge >= 0.3 is 0 Å². The Bertz CT molecular complexity index is 480. The second-order valence-corrected chi connectivity index (χ2v) is 5.60. The van der Waals surface area contributed by atoms with Crippen molar-refractivity contribution < 1.29 is 13.2 Å². The van der Waals surface area contributed by atoms with E-state index in [1.807, 2.05) is 0 Å². The summed E-state index contributed by atoms with van der Waals surface area (Å²) < 4.78 is 40.2. The topological polar surface area (TPSA) is 38.0 Å². The van der Waals surface area contributed by atoms with Crippen LogP contribution >= 0.6 is 0 Å². The van der Waals surface area contributed by atoms with Crippen molar-refractivity contribution in [2.24, 2.45) is 23.6 Å². The SMILES string of the molecule is NNC(c1ccc(F)c(F)c1F)C1C2CCCCC21. The normalized spacial score (nSPS) is 30.8. The molecule has 1 aromatic carbocycles. The smallest absolute Gasteiger partial charge is 0.194 e. The van der Waals surface area contributed by atoms with Gasteiger partial charge in [-0.3, -0.25) is 11.3 Å². The first-order valence-electron chi connectivity index (χ1n) is 6.74. The Morgan fingerprint density at radius 1 is 1.05 bits per heavy atom. The lowest BCUT2D eigenvalue weighted by Crippen LogP contribution is -2.31. The fourth-order valence-corrected chi connectivity index (χ4v) is 3.73. The highest BCUT2D eigenvalue weighted by molar-refractivity contribution is 5.26. The number of hydrogen-bond donors (Lipinski definition) is 2. The zero-order valence-corrected chi connectivity index (χ0v) is 10.5. The van der Waals surface area contributed by atoms with E-state index in [1.165, 1.54) is 18.9 Å². The second kappa shape index (κ2) is 4.80. The Balaban J connectivity index is 1.89. The van der Waals surface area contributed by atoms with Gasteiger partial charge in [0.2, 0.25) is 0 Å². The minimum absolute atomic E-state index is 0.140. The minimum atomic E-state index is -1.42. The number of benzene rings is 1. The molecule has 3 atom stereocenters. The molecule has 104 valence electrons. The largest absolute Gasteiger partial charge is 0.271 e. The van der Waals surface area contributed by atoms with Crippen LogP contribution in [0, 0.1) is 35.2 Å². The minimum Gasteiger partial charge on any atom is -0.271 e. The van der Waals surface area contributed by atoms with Crippen LogP contribution in [-0.2, 0) is 0 Å². The molecule has 3 N–H and O–H groups in total. The maximum atomic E-state index is 13.9. The number of nitrogens with two attached hydrogens (primary N) is 1. The Labute approximate surface area is 110 Å². The third kappa shape index (κ3) is 2.05. The van der Waals surface area contributed by atoms with E-state index in [4.69, 9.17) is 5.84 Å². The van der Waals surface area contributed by atoms with Gasteiger partial charge in [0.05, 0.1) is 6.04 Å². The zero-order valence-electron chi connectivity index (χ0n) is 10.5. The fraction of sp³-hybridized carbons (Fsp3) is 0.571. The standard InChI is InChI=1S/C14H17F3N2/c15-10-6-5-9(12(16)13(10)17)14(19-18)11-7-3-1-2-4-8(7)11/h5-8,11,14,19H,1-4,18H2. The first-order valence-corrected chi connectivity index (χ1v) is 6.74. The van der Waals surface area contributed by atoms with E-state index in [0.717, 1.165) is 18.9 Å². The molecule has 3 rings (SSSR count). The summed E-state index contributed by atoms with van der Waals surface area (Å²) >= 11 is 0. The maximum Gasteiger partial charge on any atom is 0.194 e. The maximum absolute atomic E-state index is 13.9. The van der Waals surface area contributed by atoms with Gasteiger partial charge in [-0.2, -0.15) is 0 Å². The van der Waals surface area contributed by atoms with Crippen molar-refractivity contribution in [3.63, 3.8) is 0 Å². The van der Waals surface area contributed by atoms with Gasteiger partial charge in [-0.05, 0) is 36.7 Å². The highest BCUT2D eigenvalue weighted by Gasteiger charge is 2.54. The summed E-state index contributed by atoms with van der Waals surface area (Å²) in [6.45, 7) is 0. The number of nitrogens with one attached hydrogen (secondary N) is 1. The summed E-state index contributed by atoms with van der Waals surface area (Å²) in [5.41, 5.74) is 2.73. The molecule has 2 aliphatic rings. The molecule has 5 heteroatoms. The van der Waals surface area contributed by atoms with Gasteiger partial charge in [0.25, 0.3) is 0 Å². The monoisotopic (exact) mass is 270 g/mol. The molecule has 0 aliphatic heterocycles. The molecule has 2 saturated carbocycles. The predicted octanol–water partition coefficient (Wildman–Crippen LogP) is 3.04. The van der Waals surface area contributed by atoms with Gasteiger partial charge in [0, 0.05) is 5.56 Å². The van der Waals surface area contributed by atoms with Crippen LogP contribution in [0.2, 0.25) is 0 Å². The summed E-state index contributed by atoms with van der Waals surface area (Å²) in [6, 6.07) is 1.83. The van der Waals surface area contributed by atoms with Crippen molar-refractivity contribution >= 4 is 0 Å². The number of hydrazine groups is 1. The lowest BCUT2D eigenvalue weighted by Gasteiger charge is -2.18. The van der Waals surface area contributed by atoms with Crippen molar-refractivity contribution in [3.05, 3.63) is 35.1 Å². The number of fused-ring (bicyclic) bond motifs is 1. The van der Waals surface area contributed by atoms with Gasteiger partial charge < -0.3 is 0 Å². The van der Waals surface area contributed by atoms with Crippen LogP contribution < -0.4 is 11.3 Å². The van der Waals surface area contributed by atoms with E-state index >= 15 is 0 Å². The highest BCUT2D eigenvalue weighted by atomic mass is 19.2. The van der Waals surface area contributed by atoms with Crippen LogP contribution in [0.15, 0.2) is 12.1 Å². The molecule has 3 unspecified atom stereocenters. The third-order valence-corrected chi connectivity index (χ3v) is 4.69. The molecule has 0 aromatic heterocycles. The van der Waals surface area contributed by atoms with E-state index in [1.54, 1.807) is 0 Å². The average molecular weight is 270 g/mol. The summed E-state index contributed by atoms with van der Waals surface area (Å²) in [7, 11) is 0. The van der Waals surface area contributed by atoms with E-state index in [0.29, 0.717) is 11.8 Å². The lowest BCUT2D eigenvalue weighted by molar-refractivity contribution is 0.401. The number of halogens is 3. The molecule has 0 saturated heterocycles. The number of rotatable bonds is 3.